The third kappa shape index (κ3) is 7.82. The molecule has 170 valence electrons. The summed E-state index contributed by atoms with van der Waals surface area (Å²) >= 11 is 0. The average Bonchev–Trinajstić information content (AvgIpc) is 2.74. The van der Waals surface area contributed by atoms with Gasteiger partial charge in [0.15, 0.2) is 17.3 Å². The fraction of sp³-hybridized carbons (Fsp3) is 0.348. The lowest BCUT2D eigenvalue weighted by molar-refractivity contribution is -0.155. The first kappa shape index (κ1) is 24.5. The molecule has 1 aromatic heterocycles. The van der Waals surface area contributed by atoms with Gasteiger partial charge >= 0.3 is 5.97 Å². The summed E-state index contributed by atoms with van der Waals surface area (Å²) < 4.78 is 15.6. The number of hydrogen-bond donors (Lipinski definition) is 1. The fourth-order valence-corrected chi connectivity index (χ4v) is 2.57. The van der Waals surface area contributed by atoms with Gasteiger partial charge in [-0.05, 0) is 44.5 Å². The number of nitrogens with zero attached hydrogens (tertiary/aromatic N) is 2. The third-order valence-electron chi connectivity index (χ3n) is 3.97. The summed E-state index contributed by atoms with van der Waals surface area (Å²) in [6, 6.07) is 5.24. The highest BCUT2D eigenvalue weighted by atomic mass is 16.6. The Bertz CT molecular complexity index is 1010. The Morgan fingerprint density at radius 2 is 1.75 bits per heavy atom. The molecule has 1 aromatic carbocycles. The zero-order valence-electron chi connectivity index (χ0n) is 18.8. The normalized spacial score (nSPS) is 11.2. The number of hydrogen-bond acceptors (Lipinski definition) is 8. The summed E-state index contributed by atoms with van der Waals surface area (Å²) in [5.41, 5.74) is 0.181. The summed E-state index contributed by atoms with van der Waals surface area (Å²) in [6.07, 6.45) is 5.44. The summed E-state index contributed by atoms with van der Waals surface area (Å²) in [5.74, 6) is -0.0600. The highest BCUT2D eigenvalue weighted by Gasteiger charge is 2.17. The minimum Gasteiger partial charge on any atom is -0.493 e. The van der Waals surface area contributed by atoms with E-state index in [4.69, 9.17) is 14.2 Å². The van der Waals surface area contributed by atoms with Gasteiger partial charge in [-0.15, -0.1) is 0 Å². The summed E-state index contributed by atoms with van der Waals surface area (Å²) in [6.45, 7) is 5.26. The molecule has 0 bridgehead atoms. The van der Waals surface area contributed by atoms with E-state index in [0.29, 0.717) is 11.5 Å². The predicted octanol–water partition coefficient (Wildman–Crippen LogP) is 3.45. The first-order valence-corrected chi connectivity index (χ1v) is 9.89. The maximum Gasteiger partial charge on any atom is 0.306 e. The van der Waals surface area contributed by atoms with Gasteiger partial charge in [0.2, 0.25) is 11.7 Å². The van der Waals surface area contributed by atoms with Crippen molar-refractivity contribution in [2.75, 3.05) is 19.5 Å². The van der Waals surface area contributed by atoms with E-state index in [-0.39, 0.29) is 24.4 Å². The average molecular weight is 441 g/mol. The second kappa shape index (κ2) is 11.0. The Hall–Kier alpha value is -3.75. The van der Waals surface area contributed by atoms with Gasteiger partial charge in [-0.2, -0.15) is 0 Å². The Morgan fingerprint density at radius 3 is 2.41 bits per heavy atom. The van der Waals surface area contributed by atoms with E-state index in [9.17, 15) is 14.4 Å². The van der Waals surface area contributed by atoms with Crippen LogP contribution in [0.2, 0.25) is 0 Å². The predicted molar refractivity (Wildman–Crippen MR) is 119 cm³/mol. The van der Waals surface area contributed by atoms with Crippen LogP contribution < -0.4 is 14.8 Å². The number of methoxy groups -OCH3 is 2. The van der Waals surface area contributed by atoms with Crippen molar-refractivity contribution in [1.82, 2.24) is 9.97 Å². The zero-order chi connectivity index (χ0) is 23.7. The first-order chi connectivity index (χ1) is 15.1. The molecule has 0 unspecified atom stereocenters. The van der Waals surface area contributed by atoms with Crippen molar-refractivity contribution in [2.45, 2.75) is 39.2 Å². The molecule has 0 atom stereocenters. The fourth-order valence-electron chi connectivity index (χ4n) is 2.57. The van der Waals surface area contributed by atoms with Crippen LogP contribution in [0.4, 0.5) is 5.82 Å². The molecule has 9 heteroatoms. The van der Waals surface area contributed by atoms with Gasteiger partial charge in [-0.1, -0.05) is 12.1 Å². The molecule has 0 aliphatic heterocycles. The number of rotatable bonds is 9. The lowest BCUT2D eigenvalue weighted by atomic mass is 10.1. The number of ketones is 1. The molecule has 0 saturated heterocycles. The maximum atomic E-state index is 12.5. The molecule has 0 aliphatic carbocycles. The van der Waals surface area contributed by atoms with E-state index in [2.05, 4.69) is 15.3 Å². The number of anilines is 1. The molecular formula is C23H27N3O6. The Labute approximate surface area is 186 Å². The number of nitrogens with one attached hydrogen (secondary N) is 1. The van der Waals surface area contributed by atoms with Gasteiger partial charge < -0.3 is 19.5 Å². The van der Waals surface area contributed by atoms with Crippen LogP contribution in [0.3, 0.4) is 0 Å². The van der Waals surface area contributed by atoms with Gasteiger partial charge in [0.25, 0.3) is 0 Å². The molecule has 0 aliphatic rings. The number of esters is 1. The lowest BCUT2D eigenvalue weighted by Crippen LogP contribution is -2.25. The van der Waals surface area contributed by atoms with Crippen LogP contribution in [-0.2, 0) is 14.3 Å². The molecule has 0 spiro atoms. The van der Waals surface area contributed by atoms with Gasteiger partial charge in [-0.3, -0.25) is 19.4 Å². The topological polar surface area (TPSA) is 117 Å². The van der Waals surface area contributed by atoms with E-state index in [0.717, 1.165) is 5.56 Å². The van der Waals surface area contributed by atoms with Gasteiger partial charge in [-0.25, -0.2) is 4.98 Å². The summed E-state index contributed by atoms with van der Waals surface area (Å²) in [5, 5.41) is 2.53. The van der Waals surface area contributed by atoms with Crippen molar-refractivity contribution >= 4 is 29.6 Å². The zero-order valence-corrected chi connectivity index (χ0v) is 18.8. The molecule has 0 saturated carbocycles. The second-order valence-electron chi connectivity index (χ2n) is 7.74. The standard InChI is InChI=1S/C23H27N3O6/c1-23(2,3)32-22(29)11-10-21(28)26-20-14-24-13-16(25-20)17(27)8-6-15-7-9-18(30-4)19(12-15)31-5/h6-9,12-14H,10-11H2,1-5H3,(H,25,26,28)/b8-6+. The molecule has 9 nitrogen and oxygen atoms in total. The van der Waals surface area contributed by atoms with E-state index in [1.807, 2.05) is 0 Å². The molecule has 1 N–H and O–H groups in total. The van der Waals surface area contributed by atoms with Crippen molar-refractivity contribution in [3.8, 4) is 11.5 Å². The molecule has 1 amide bonds. The highest BCUT2D eigenvalue weighted by molar-refractivity contribution is 6.05. The van der Waals surface area contributed by atoms with Crippen LogP contribution in [-0.4, -0.2) is 47.4 Å². The van der Waals surface area contributed by atoms with Crippen LogP contribution in [0.15, 0.2) is 36.7 Å². The quantitative estimate of drug-likeness (QED) is 0.357. The van der Waals surface area contributed by atoms with Crippen LogP contribution in [0.25, 0.3) is 6.08 Å². The minimum atomic E-state index is -0.613. The van der Waals surface area contributed by atoms with Crippen LogP contribution >= 0.6 is 0 Å². The van der Waals surface area contributed by atoms with Crippen molar-refractivity contribution in [1.29, 1.82) is 0 Å². The molecule has 2 rings (SSSR count). The Kier molecular flexibility index (Phi) is 8.46. The van der Waals surface area contributed by atoms with Gasteiger partial charge in [0.05, 0.1) is 33.0 Å². The monoisotopic (exact) mass is 441 g/mol. The number of carbonyl (C=O) groups excluding carboxylic acids is 3. The molecule has 0 fully saturated rings. The van der Waals surface area contributed by atoms with Crippen molar-refractivity contribution in [2.24, 2.45) is 0 Å². The number of amides is 1. The van der Waals surface area contributed by atoms with Crippen molar-refractivity contribution in [3.63, 3.8) is 0 Å². The maximum absolute atomic E-state index is 12.5. The van der Waals surface area contributed by atoms with Crippen molar-refractivity contribution in [3.05, 3.63) is 47.9 Å². The second-order valence-corrected chi connectivity index (χ2v) is 7.74. The third-order valence-corrected chi connectivity index (χ3v) is 3.97. The number of ether oxygens (including phenoxy) is 3. The number of aromatic nitrogens is 2. The number of benzene rings is 1. The number of allylic oxidation sites excluding steroid dienone is 1. The van der Waals surface area contributed by atoms with Gasteiger partial charge in [0, 0.05) is 6.42 Å². The summed E-state index contributed by atoms with van der Waals surface area (Å²) in [4.78, 5) is 44.3. The highest BCUT2D eigenvalue weighted by Crippen LogP contribution is 2.28. The van der Waals surface area contributed by atoms with Crippen LogP contribution in [0.5, 0.6) is 11.5 Å². The summed E-state index contributed by atoms with van der Waals surface area (Å²) in [7, 11) is 3.07. The van der Waals surface area contributed by atoms with E-state index >= 15 is 0 Å². The molecular weight excluding hydrogens is 414 g/mol. The van der Waals surface area contributed by atoms with Crippen LogP contribution in [0.1, 0.15) is 49.7 Å². The SMILES string of the molecule is COc1ccc(/C=C/C(=O)c2cncc(NC(=O)CCC(=O)OC(C)(C)C)n2)cc1OC. The molecule has 0 radical (unpaired) electrons. The minimum absolute atomic E-state index is 0.0617. The van der Waals surface area contributed by atoms with Crippen molar-refractivity contribution < 1.29 is 28.6 Å². The van der Waals surface area contributed by atoms with Gasteiger partial charge in [0.1, 0.15) is 11.3 Å². The Balaban J connectivity index is 1.98. The first-order valence-electron chi connectivity index (χ1n) is 9.89. The van der Waals surface area contributed by atoms with Crippen LogP contribution in [0, 0.1) is 0 Å². The smallest absolute Gasteiger partial charge is 0.306 e. The van der Waals surface area contributed by atoms with E-state index in [1.165, 1.54) is 25.6 Å². The Morgan fingerprint density at radius 1 is 1.03 bits per heavy atom. The molecule has 1 heterocycles. The van der Waals surface area contributed by atoms with E-state index < -0.39 is 23.3 Å². The molecule has 2 aromatic rings. The largest absolute Gasteiger partial charge is 0.493 e. The number of carbonyl (C=O) groups is 3. The molecule has 32 heavy (non-hydrogen) atoms. The van der Waals surface area contributed by atoms with E-state index in [1.54, 1.807) is 52.2 Å². The lowest BCUT2D eigenvalue weighted by Gasteiger charge is -2.19.